The van der Waals surface area contributed by atoms with Crippen molar-refractivity contribution in [2.24, 2.45) is 5.92 Å². The van der Waals surface area contributed by atoms with Gasteiger partial charge >= 0.3 is 0 Å². The summed E-state index contributed by atoms with van der Waals surface area (Å²) in [6.07, 6.45) is 9.14. The van der Waals surface area contributed by atoms with Crippen molar-refractivity contribution >= 4 is 0 Å². The molecule has 1 aliphatic rings. The van der Waals surface area contributed by atoms with Crippen molar-refractivity contribution in [1.29, 1.82) is 0 Å². The summed E-state index contributed by atoms with van der Waals surface area (Å²) in [5, 5.41) is 0. The molecule has 0 radical (unpaired) electrons. The second kappa shape index (κ2) is 11.6. The molecule has 0 atom stereocenters. The van der Waals surface area contributed by atoms with E-state index in [1.807, 2.05) is 13.0 Å². The van der Waals surface area contributed by atoms with Crippen LogP contribution in [0.1, 0.15) is 87.8 Å². The molecule has 0 amide bonds. The second-order valence-corrected chi connectivity index (χ2v) is 8.85. The van der Waals surface area contributed by atoms with Crippen LogP contribution in [-0.4, -0.2) is 6.61 Å². The van der Waals surface area contributed by atoms with Gasteiger partial charge in [-0.15, -0.1) is 0 Å². The quantitative estimate of drug-likeness (QED) is 0.344. The molecule has 0 bridgehead atoms. The molecule has 0 unspecified atom stereocenters. The molecular formula is C27H35F3O. The first-order chi connectivity index (χ1) is 15.0. The van der Waals surface area contributed by atoms with E-state index in [9.17, 15) is 13.2 Å². The van der Waals surface area contributed by atoms with Gasteiger partial charge in [-0.25, -0.2) is 13.2 Å². The van der Waals surface area contributed by atoms with E-state index in [4.69, 9.17) is 4.74 Å². The average Bonchev–Trinajstić information content (AvgIpc) is 2.78. The highest BCUT2D eigenvalue weighted by molar-refractivity contribution is 5.31. The Morgan fingerprint density at radius 3 is 2.13 bits per heavy atom. The first-order valence-electron chi connectivity index (χ1n) is 11.9. The fourth-order valence-electron chi connectivity index (χ4n) is 4.77. The van der Waals surface area contributed by atoms with Gasteiger partial charge in [-0.3, -0.25) is 0 Å². The van der Waals surface area contributed by atoms with Crippen LogP contribution in [0.5, 0.6) is 5.75 Å². The Morgan fingerprint density at radius 1 is 0.839 bits per heavy atom. The Labute approximate surface area is 185 Å². The van der Waals surface area contributed by atoms with Crippen molar-refractivity contribution < 1.29 is 17.9 Å². The van der Waals surface area contributed by atoms with Crippen molar-refractivity contribution in [1.82, 2.24) is 0 Å². The molecule has 0 saturated heterocycles. The third-order valence-corrected chi connectivity index (χ3v) is 6.69. The zero-order chi connectivity index (χ0) is 22.2. The fourth-order valence-corrected chi connectivity index (χ4v) is 4.77. The van der Waals surface area contributed by atoms with Crippen LogP contribution in [0.15, 0.2) is 30.3 Å². The molecule has 0 N–H and O–H groups in total. The van der Waals surface area contributed by atoms with Gasteiger partial charge in [0.2, 0.25) is 0 Å². The molecule has 3 rings (SSSR count). The third kappa shape index (κ3) is 6.27. The van der Waals surface area contributed by atoms with Crippen molar-refractivity contribution in [3.8, 4) is 5.75 Å². The maximum absolute atomic E-state index is 14.5. The van der Waals surface area contributed by atoms with Crippen LogP contribution in [-0.2, 0) is 12.8 Å². The monoisotopic (exact) mass is 432 g/mol. The molecule has 0 spiro atoms. The molecule has 2 aromatic rings. The summed E-state index contributed by atoms with van der Waals surface area (Å²) in [5.74, 6) is -0.432. The minimum absolute atomic E-state index is 0.294. The molecule has 1 fully saturated rings. The lowest BCUT2D eigenvalue weighted by atomic mass is 9.77. The van der Waals surface area contributed by atoms with Gasteiger partial charge in [0.25, 0.3) is 0 Å². The first-order valence-corrected chi connectivity index (χ1v) is 11.9. The third-order valence-electron chi connectivity index (χ3n) is 6.69. The molecule has 1 nitrogen and oxygen atoms in total. The maximum Gasteiger partial charge on any atom is 0.165 e. The number of unbranched alkanes of at least 4 members (excludes halogenated alkanes) is 2. The summed E-state index contributed by atoms with van der Waals surface area (Å²) in [7, 11) is 0. The van der Waals surface area contributed by atoms with E-state index in [0.29, 0.717) is 48.2 Å². The van der Waals surface area contributed by atoms with Gasteiger partial charge in [-0.05, 0) is 98.9 Å². The number of halogens is 3. The predicted molar refractivity (Wildman–Crippen MR) is 120 cm³/mol. The number of ether oxygens (including phenoxy) is 1. The Kier molecular flexibility index (Phi) is 8.86. The summed E-state index contributed by atoms with van der Waals surface area (Å²) in [6, 6.07) is 8.84. The molecule has 170 valence electrons. The minimum Gasteiger partial charge on any atom is -0.491 e. The standard InChI is InChI=1S/C27H35F3O/c1-3-5-6-7-21-14-15-22(27(30)26(21)29)13-10-19-8-11-20(12-9-19)23-16-17-25(31-4-2)24(28)18-23/h14-20H,3-13H2,1-2H3. The van der Waals surface area contributed by atoms with Gasteiger partial charge < -0.3 is 4.74 Å². The van der Waals surface area contributed by atoms with Gasteiger partial charge in [0.1, 0.15) is 0 Å². The van der Waals surface area contributed by atoms with E-state index in [2.05, 4.69) is 6.92 Å². The molecular weight excluding hydrogens is 397 g/mol. The van der Waals surface area contributed by atoms with E-state index in [1.165, 1.54) is 0 Å². The zero-order valence-electron chi connectivity index (χ0n) is 18.9. The Balaban J connectivity index is 1.50. The van der Waals surface area contributed by atoms with Gasteiger partial charge in [0, 0.05) is 0 Å². The van der Waals surface area contributed by atoms with Crippen molar-refractivity contribution in [3.63, 3.8) is 0 Å². The van der Waals surface area contributed by atoms with Gasteiger partial charge in [0.15, 0.2) is 23.2 Å². The highest BCUT2D eigenvalue weighted by Crippen LogP contribution is 2.38. The van der Waals surface area contributed by atoms with Crippen LogP contribution in [0.25, 0.3) is 0 Å². The van der Waals surface area contributed by atoms with Gasteiger partial charge in [-0.1, -0.05) is 38.0 Å². The Morgan fingerprint density at radius 2 is 1.52 bits per heavy atom. The summed E-state index contributed by atoms with van der Waals surface area (Å²) >= 11 is 0. The van der Waals surface area contributed by atoms with Crippen molar-refractivity contribution in [3.05, 3.63) is 64.5 Å². The predicted octanol–water partition coefficient (Wildman–Crippen LogP) is 8.14. The summed E-state index contributed by atoms with van der Waals surface area (Å²) in [4.78, 5) is 0. The van der Waals surface area contributed by atoms with Crippen LogP contribution in [0.4, 0.5) is 13.2 Å². The molecule has 2 aromatic carbocycles. The highest BCUT2D eigenvalue weighted by atomic mass is 19.2. The molecule has 1 saturated carbocycles. The molecule has 0 heterocycles. The Bertz CT molecular complexity index is 841. The Hall–Kier alpha value is -1.97. The van der Waals surface area contributed by atoms with E-state index in [0.717, 1.165) is 56.9 Å². The second-order valence-electron chi connectivity index (χ2n) is 8.85. The number of aryl methyl sites for hydroxylation is 2. The minimum atomic E-state index is -0.660. The highest BCUT2D eigenvalue weighted by Gasteiger charge is 2.24. The fraction of sp³-hybridized carbons (Fsp3) is 0.556. The zero-order valence-corrected chi connectivity index (χ0v) is 18.9. The topological polar surface area (TPSA) is 9.23 Å². The number of benzene rings is 2. The van der Waals surface area contributed by atoms with Crippen molar-refractivity contribution in [2.45, 2.75) is 84.0 Å². The van der Waals surface area contributed by atoms with E-state index in [-0.39, 0.29) is 5.82 Å². The number of hydrogen-bond donors (Lipinski definition) is 0. The van der Waals surface area contributed by atoms with Crippen LogP contribution < -0.4 is 4.74 Å². The van der Waals surface area contributed by atoms with Gasteiger partial charge in [0.05, 0.1) is 6.61 Å². The van der Waals surface area contributed by atoms with Crippen LogP contribution in [0.3, 0.4) is 0 Å². The molecule has 4 heteroatoms. The number of rotatable bonds is 10. The van der Waals surface area contributed by atoms with E-state index >= 15 is 0 Å². The molecule has 1 aliphatic carbocycles. The van der Waals surface area contributed by atoms with Crippen LogP contribution in [0, 0.1) is 23.4 Å². The largest absolute Gasteiger partial charge is 0.491 e. The summed E-state index contributed by atoms with van der Waals surface area (Å²) in [5.41, 5.74) is 2.02. The molecule has 0 aliphatic heterocycles. The SMILES string of the molecule is CCCCCc1ccc(CCC2CCC(c3ccc(OCC)c(F)c3)CC2)c(F)c1F. The first kappa shape index (κ1) is 23.7. The number of hydrogen-bond acceptors (Lipinski definition) is 1. The van der Waals surface area contributed by atoms with E-state index in [1.54, 1.807) is 24.3 Å². The van der Waals surface area contributed by atoms with Crippen molar-refractivity contribution in [2.75, 3.05) is 6.61 Å². The lowest BCUT2D eigenvalue weighted by Crippen LogP contribution is -2.14. The molecule has 31 heavy (non-hydrogen) atoms. The summed E-state index contributed by atoms with van der Waals surface area (Å²) in [6.45, 7) is 4.40. The molecule has 0 aromatic heterocycles. The lowest BCUT2D eigenvalue weighted by Gasteiger charge is -2.29. The smallest absolute Gasteiger partial charge is 0.165 e. The normalized spacial score (nSPS) is 18.9. The van der Waals surface area contributed by atoms with Crippen LogP contribution in [0.2, 0.25) is 0 Å². The summed E-state index contributed by atoms with van der Waals surface area (Å²) < 4.78 is 48.4. The van der Waals surface area contributed by atoms with Gasteiger partial charge in [-0.2, -0.15) is 0 Å². The maximum atomic E-state index is 14.5. The average molecular weight is 433 g/mol. The van der Waals surface area contributed by atoms with Crippen LogP contribution >= 0.6 is 0 Å². The van der Waals surface area contributed by atoms with E-state index < -0.39 is 11.6 Å². The lowest BCUT2D eigenvalue weighted by molar-refractivity contribution is 0.306.